The van der Waals surface area contributed by atoms with E-state index in [0.717, 1.165) is 0 Å². The molecule has 1 heterocycles. The van der Waals surface area contributed by atoms with E-state index in [2.05, 4.69) is 0 Å². The maximum Gasteiger partial charge on any atom is 0.350 e. The lowest BCUT2D eigenvalue weighted by molar-refractivity contribution is 0.0533. The van der Waals surface area contributed by atoms with Gasteiger partial charge < -0.3 is 10.5 Å². The molecule has 0 aliphatic heterocycles. The van der Waals surface area contributed by atoms with E-state index in [1.54, 1.807) is 18.7 Å². The Balaban J connectivity index is 2.35. The summed E-state index contributed by atoms with van der Waals surface area (Å²) in [5.41, 5.74) is 7.88. The summed E-state index contributed by atoms with van der Waals surface area (Å²) in [5, 5.41) is 0. The number of rotatable bonds is 4. The van der Waals surface area contributed by atoms with Gasteiger partial charge in [-0.3, -0.25) is 0 Å². The summed E-state index contributed by atoms with van der Waals surface area (Å²) < 4.78 is 6.17. The van der Waals surface area contributed by atoms with Gasteiger partial charge in [-0.05, 0) is 31.9 Å². The van der Waals surface area contributed by atoms with Gasteiger partial charge in [-0.25, -0.2) is 4.79 Å². The van der Waals surface area contributed by atoms with E-state index >= 15 is 0 Å². The Labute approximate surface area is 103 Å². The van der Waals surface area contributed by atoms with Crippen molar-refractivity contribution in [2.45, 2.75) is 29.9 Å². The average Bonchev–Trinajstić information content (AvgIpc) is 3.03. The number of carbonyl (C=O) groups is 1. The van der Waals surface area contributed by atoms with E-state index in [0.29, 0.717) is 23.1 Å². The molecule has 0 atom stereocenters. The van der Waals surface area contributed by atoms with Gasteiger partial charge in [0.15, 0.2) is 0 Å². The Morgan fingerprint density at radius 2 is 2.31 bits per heavy atom. The molecule has 0 amide bonds. The molecule has 0 saturated heterocycles. The van der Waals surface area contributed by atoms with Crippen molar-refractivity contribution in [3.05, 3.63) is 10.4 Å². The van der Waals surface area contributed by atoms with Crippen LogP contribution < -0.4 is 5.73 Å². The number of nitrogen functional groups attached to an aromatic ring is 1. The van der Waals surface area contributed by atoms with Crippen molar-refractivity contribution in [3.8, 4) is 0 Å². The number of ether oxygens (including phenoxy) is 1. The number of hydrogen-bond donors (Lipinski definition) is 1. The number of carbonyl (C=O) groups excluding carboxylic acids is 1. The predicted octanol–water partition coefficient (Wildman–Crippen LogP) is 3.11. The number of thiophene rings is 1. The molecule has 1 saturated carbocycles. The van der Waals surface area contributed by atoms with Crippen molar-refractivity contribution >= 4 is 34.8 Å². The van der Waals surface area contributed by atoms with Gasteiger partial charge in [0.25, 0.3) is 0 Å². The number of thioether (sulfide) groups is 1. The van der Waals surface area contributed by atoms with Crippen LogP contribution in [0.15, 0.2) is 4.21 Å². The lowest BCUT2D eigenvalue weighted by atomic mass is 10.2. The highest BCUT2D eigenvalue weighted by Crippen LogP contribution is 2.51. The summed E-state index contributed by atoms with van der Waals surface area (Å²) in [6.07, 6.45) is 4.40. The van der Waals surface area contributed by atoms with Crippen molar-refractivity contribution in [1.82, 2.24) is 0 Å². The van der Waals surface area contributed by atoms with E-state index in [-0.39, 0.29) is 5.97 Å². The second kappa shape index (κ2) is 4.67. The topological polar surface area (TPSA) is 52.3 Å². The molecule has 5 heteroatoms. The van der Waals surface area contributed by atoms with Gasteiger partial charge >= 0.3 is 5.97 Å². The average molecular weight is 257 g/mol. The molecule has 1 aromatic rings. The first-order chi connectivity index (χ1) is 7.69. The fourth-order valence-corrected chi connectivity index (χ4v) is 3.71. The van der Waals surface area contributed by atoms with Gasteiger partial charge in [-0.15, -0.1) is 23.1 Å². The first-order valence-corrected chi connectivity index (χ1v) is 7.36. The van der Waals surface area contributed by atoms with Crippen molar-refractivity contribution in [2.24, 2.45) is 0 Å². The van der Waals surface area contributed by atoms with Crippen LogP contribution in [-0.4, -0.2) is 18.8 Å². The summed E-state index contributed by atoms with van der Waals surface area (Å²) in [5.74, 6) is 0.286. The number of anilines is 1. The fraction of sp³-hybridized carbons (Fsp3) is 0.545. The maximum absolute atomic E-state index is 11.7. The van der Waals surface area contributed by atoms with E-state index in [1.165, 1.54) is 34.0 Å². The van der Waals surface area contributed by atoms with Crippen LogP contribution in [0.1, 0.15) is 40.9 Å². The second-order valence-corrected chi connectivity index (χ2v) is 5.84. The quantitative estimate of drug-likeness (QED) is 0.665. The first-order valence-electron chi connectivity index (χ1n) is 5.32. The Kier molecular flexibility index (Phi) is 3.44. The molecule has 2 rings (SSSR count). The van der Waals surface area contributed by atoms with Crippen molar-refractivity contribution in [3.63, 3.8) is 0 Å². The van der Waals surface area contributed by atoms with Crippen LogP contribution >= 0.6 is 23.1 Å². The molecule has 3 nitrogen and oxygen atoms in total. The standard InChI is InChI=1S/C11H15NO2S2/c1-3-14-10(13)9-8(12)7(6-4-5-6)11(15-2)16-9/h6H,3-5,12H2,1-2H3. The normalized spacial score (nSPS) is 15.1. The molecule has 1 aliphatic carbocycles. The third kappa shape index (κ3) is 2.06. The van der Waals surface area contributed by atoms with Crippen LogP contribution in [0.3, 0.4) is 0 Å². The molecule has 1 fully saturated rings. The van der Waals surface area contributed by atoms with E-state index in [4.69, 9.17) is 10.5 Å². The Hall–Kier alpha value is -0.680. The van der Waals surface area contributed by atoms with Gasteiger partial charge in [0.2, 0.25) is 0 Å². The largest absolute Gasteiger partial charge is 0.462 e. The minimum atomic E-state index is -0.285. The molecule has 1 aromatic heterocycles. The molecule has 16 heavy (non-hydrogen) atoms. The predicted molar refractivity (Wildman–Crippen MR) is 68.4 cm³/mol. The van der Waals surface area contributed by atoms with Gasteiger partial charge in [-0.2, -0.15) is 0 Å². The van der Waals surface area contributed by atoms with Gasteiger partial charge in [0, 0.05) is 5.56 Å². The lowest BCUT2D eigenvalue weighted by Gasteiger charge is -2.01. The minimum absolute atomic E-state index is 0.285. The Bertz CT molecular complexity index is 410. The zero-order valence-corrected chi connectivity index (χ0v) is 11.0. The van der Waals surface area contributed by atoms with Gasteiger partial charge in [0.1, 0.15) is 4.88 Å². The van der Waals surface area contributed by atoms with Crippen LogP contribution in [0, 0.1) is 0 Å². The third-order valence-electron chi connectivity index (χ3n) is 2.58. The molecule has 0 aromatic carbocycles. The third-order valence-corrected chi connectivity index (χ3v) is 4.92. The highest BCUT2D eigenvalue weighted by atomic mass is 32.2. The summed E-state index contributed by atoms with van der Waals surface area (Å²) in [4.78, 5) is 12.3. The SMILES string of the molecule is CCOC(=O)c1sc(SC)c(C2CC2)c1N. The van der Waals surface area contributed by atoms with Crippen LogP contribution in [0.2, 0.25) is 0 Å². The van der Waals surface area contributed by atoms with Crippen molar-refractivity contribution in [2.75, 3.05) is 18.6 Å². The smallest absolute Gasteiger partial charge is 0.350 e. The second-order valence-electron chi connectivity index (χ2n) is 3.74. The van der Waals surface area contributed by atoms with E-state index < -0.39 is 0 Å². The van der Waals surface area contributed by atoms with Gasteiger partial charge in [-0.1, -0.05) is 0 Å². The zero-order valence-electron chi connectivity index (χ0n) is 9.41. The molecule has 0 spiro atoms. The number of nitrogens with two attached hydrogens (primary N) is 1. The number of esters is 1. The molecule has 0 bridgehead atoms. The summed E-state index contributed by atoms with van der Waals surface area (Å²) in [6, 6.07) is 0. The highest BCUT2D eigenvalue weighted by Gasteiger charge is 2.32. The van der Waals surface area contributed by atoms with E-state index in [9.17, 15) is 4.79 Å². The summed E-state index contributed by atoms with van der Waals surface area (Å²) >= 11 is 3.13. The molecule has 88 valence electrons. The van der Waals surface area contributed by atoms with Crippen LogP contribution in [0.4, 0.5) is 5.69 Å². The fourth-order valence-electron chi connectivity index (χ4n) is 1.69. The van der Waals surface area contributed by atoms with Crippen molar-refractivity contribution in [1.29, 1.82) is 0 Å². The zero-order chi connectivity index (χ0) is 11.7. The highest BCUT2D eigenvalue weighted by molar-refractivity contribution is 8.00. The number of hydrogen-bond acceptors (Lipinski definition) is 5. The summed E-state index contributed by atoms with van der Waals surface area (Å²) in [6.45, 7) is 2.20. The van der Waals surface area contributed by atoms with Crippen LogP contribution in [-0.2, 0) is 4.74 Å². The molecule has 1 aliphatic rings. The maximum atomic E-state index is 11.7. The first kappa shape index (κ1) is 11.8. The molecular weight excluding hydrogens is 242 g/mol. The summed E-state index contributed by atoms with van der Waals surface area (Å²) in [7, 11) is 0. The molecule has 0 unspecified atom stereocenters. The van der Waals surface area contributed by atoms with Crippen molar-refractivity contribution < 1.29 is 9.53 Å². The monoisotopic (exact) mass is 257 g/mol. The Morgan fingerprint density at radius 3 is 2.81 bits per heavy atom. The lowest BCUT2D eigenvalue weighted by Crippen LogP contribution is -2.05. The van der Waals surface area contributed by atoms with E-state index in [1.807, 2.05) is 6.26 Å². The minimum Gasteiger partial charge on any atom is -0.462 e. The van der Waals surface area contributed by atoms with Crippen LogP contribution in [0.5, 0.6) is 0 Å². The van der Waals surface area contributed by atoms with Crippen LogP contribution in [0.25, 0.3) is 0 Å². The Morgan fingerprint density at radius 1 is 1.62 bits per heavy atom. The van der Waals surface area contributed by atoms with Gasteiger partial charge in [0.05, 0.1) is 16.5 Å². The molecular formula is C11H15NO2S2. The molecule has 2 N–H and O–H groups in total. The molecule has 0 radical (unpaired) electrons.